The normalized spacial score (nSPS) is 42.5. The third kappa shape index (κ3) is 1.46. The SMILES string of the molecule is CCOC1CC2CC1CC2C(=O)O. The van der Waals surface area contributed by atoms with Crippen molar-refractivity contribution in [3.63, 3.8) is 0 Å². The molecule has 0 aliphatic heterocycles. The van der Waals surface area contributed by atoms with Gasteiger partial charge in [0.15, 0.2) is 0 Å². The maximum atomic E-state index is 10.8. The van der Waals surface area contributed by atoms with Crippen LogP contribution in [0.1, 0.15) is 26.2 Å². The number of ether oxygens (including phenoxy) is 1. The van der Waals surface area contributed by atoms with E-state index in [0.29, 0.717) is 17.9 Å². The Morgan fingerprint density at radius 1 is 1.38 bits per heavy atom. The second-order valence-corrected chi connectivity index (χ2v) is 4.17. The van der Waals surface area contributed by atoms with Crippen molar-refractivity contribution in [2.75, 3.05) is 6.61 Å². The summed E-state index contributed by atoms with van der Waals surface area (Å²) in [7, 11) is 0. The fourth-order valence-corrected chi connectivity index (χ4v) is 2.94. The number of carboxylic acids is 1. The predicted octanol–water partition coefficient (Wildman–Crippen LogP) is 1.52. The number of rotatable bonds is 3. The third-order valence-corrected chi connectivity index (χ3v) is 3.49. The molecule has 2 aliphatic carbocycles. The van der Waals surface area contributed by atoms with Crippen molar-refractivity contribution in [1.82, 2.24) is 0 Å². The maximum absolute atomic E-state index is 10.8. The van der Waals surface area contributed by atoms with Crippen molar-refractivity contribution in [2.24, 2.45) is 17.8 Å². The summed E-state index contributed by atoms with van der Waals surface area (Å²) in [5.74, 6) is 0.217. The lowest BCUT2D eigenvalue weighted by Gasteiger charge is -2.25. The topological polar surface area (TPSA) is 46.5 Å². The van der Waals surface area contributed by atoms with Crippen LogP contribution in [0.2, 0.25) is 0 Å². The molecule has 3 nitrogen and oxygen atoms in total. The molecule has 0 aromatic heterocycles. The van der Waals surface area contributed by atoms with Crippen LogP contribution in [0.15, 0.2) is 0 Å². The van der Waals surface area contributed by atoms with Gasteiger partial charge in [0, 0.05) is 6.61 Å². The van der Waals surface area contributed by atoms with Crippen LogP contribution in [-0.2, 0) is 9.53 Å². The Kier molecular flexibility index (Phi) is 2.28. The molecule has 2 saturated carbocycles. The summed E-state index contributed by atoms with van der Waals surface area (Å²) in [4.78, 5) is 10.8. The van der Waals surface area contributed by atoms with Gasteiger partial charge in [-0.2, -0.15) is 0 Å². The Balaban J connectivity index is 1.95. The monoisotopic (exact) mass is 184 g/mol. The Morgan fingerprint density at radius 2 is 2.15 bits per heavy atom. The molecule has 0 spiro atoms. The van der Waals surface area contributed by atoms with Crippen LogP contribution in [0.5, 0.6) is 0 Å². The molecule has 2 fully saturated rings. The van der Waals surface area contributed by atoms with Gasteiger partial charge in [-0.15, -0.1) is 0 Å². The van der Waals surface area contributed by atoms with Crippen LogP contribution in [0, 0.1) is 17.8 Å². The highest BCUT2D eigenvalue weighted by atomic mass is 16.5. The van der Waals surface area contributed by atoms with E-state index in [2.05, 4.69) is 0 Å². The van der Waals surface area contributed by atoms with Crippen LogP contribution in [0.3, 0.4) is 0 Å². The van der Waals surface area contributed by atoms with E-state index in [1.807, 2.05) is 6.92 Å². The molecule has 1 N–H and O–H groups in total. The lowest BCUT2D eigenvalue weighted by Crippen LogP contribution is -2.28. The van der Waals surface area contributed by atoms with Gasteiger partial charge < -0.3 is 9.84 Å². The first kappa shape index (κ1) is 9.00. The predicted molar refractivity (Wildman–Crippen MR) is 47.4 cm³/mol. The van der Waals surface area contributed by atoms with Gasteiger partial charge in [0.1, 0.15) is 0 Å². The smallest absolute Gasteiger partial charge is 0.306 e. The number of fused-ring (bicyclic) bond motifs is 2. The fraction of sp³-hybridized carbons (Fsp3) is 0.900. The second-order valence-electron chi connectivity index (χ2n) is 4.17. The van der Waals surface area contributed by atoms with Crippen LogP contribution >= 0.6 is 0 Å². The van der Waals surface area contributed by atoms with E-state index in [0.717, 1.165) is 25.9 Å². The molecule has 0 radical (unpaired) electrons. The Labute approximate surface area is 78.1 Å². The molecule has 0 aromatic carbocycles. The maximum Gasteiger partial charge on any atom is 0.306 e. The van der Waals surface area contributed by atoms with E-state index < -0.39 is 5.97 Å². The van der Waals surface area contributed by atoms with Crippen LogP contribution in [0.25, 0.3) is 0 Å². The van der Waals surface area contributed by atoms with Gasteiger partial charge in [-0.25, -0.2) is 0 Å². The standard InChI is InChI=1S/C10H16O3/c1-2-13-9-5-6-3-7(9)4-8(6)10(11)12/h6-9H,2-5H2,1H3,(H,11,12). The summed E-state index contributed by atoms with van der Waals surface area (Å²) >= 11 is 0. The summed E-state index contributed by atoms with van der Waals surface area (Å²) in [6.45, 7) is 2.76. The minimum atomic E-state index is -0.609. The molecule has 3 heteroatoms. The highest BCUT2D eigenvalue weighted by Crippen LogP contribution is 2.49. The molecule has 2 rings (SSSR count). The van der Waals surface area contributed by atoms with E-state index >= 15 is 0 Å². The average molecular weight is 184 g/mol. The van der Waals surface area contributed by atoms with Gasteiger partial charge in [-0.1, -0.05) is 0 Å². The molecular weight excluding hydrogens is 168 g/mol. The van der Waals surface area contributed by atoms with E-state index in [9.17, 15) is 4.79 Å². The first-order valence-corrected chi connectivity index (χ1v) is 5.06. The van der Waals surface area contributed by atoms with Crippen LogP contribution < -0.4 is 0 Å². The molecule has 0 aromatic rings. The number of hydrogen-bond donors (Lipinski definition) is 1. The summed E-state index contributed by atoms with van der Waals surface area (Å²) < 4.78 is 5.57. The molecule has 0 amide bonds. The fourth-order valence-electron chi connectivity index (χ4n) is 2.94. The number of carbonyl (C=O) groups is 1. The largest absolute Gasteiger partial charge is 0.481 e. The molecular formula is C10H16O3. The lowest BCUT2D eigenvalue weighted by molar-refractivity contribution is -0.144. The van der Waals surface area contributed by atoms with Crippen molar-refractivity contribution in [3.8, 4) is 0 Å². The highest BCUT2D eigenvalue weighted by molar-refractivity contribution is 5.71. The number of carboxylic acid groups (broad SMARTS) is 1. The molecule has 4 atom stereocenters. The van der Waals surface area contributed by atoms with E-state index in [1.165, 1.54) is 0 Å². The van der Waals surface area contributed by atoms with Gasteiger partial charge in [0.05, 0.1) is 12.0 Å². The van der Waals surface area contributed by atoms with E-state index in [4.69, 9.17) is 9.84 Å². The summed E-state index contributed by atoms with van der Waals surface area (Å²) in [5.41, 5.74) is 0. The Hall–Kier alpha value is -0.570. The van der Waals surface area contributed by atoms with Crippen molar-refractivity contribution < 1.29 is 14.6 Å². The number of aliphatic carboxylic acids is 1. The first-order valence-electron chi connectivity index (χ1n) is 5.06. The van der Waals surface area contributed by atoms with Gasteiger partial charge in [0.25, 0.3) is 0 Å². The van der Waals surface area contributed by atoms with Gasteiger partial charge in [-0.05, 0) is 38.0 Å². The summed E-state index contributed by atoms with van der Waals surface area (Å²) in [6.07, 6.45) is 3.23. The van der Waals surface area contributed by atoms with Crippen molar-refractivity contribution in [2.45, 2.75) is 32.3 Å². The molecule has 0 heterocycles. The van der Waals surface area contributed by atoms with Gasteiger partial charge >= 0.3 is 5.97 Å². The lowest BCUT2D eigenvalue weighted by atomic mass is 9.87. The number of hydrogen-bond acceptors (Lipinski definition) is 2. The first-order chi connectivity index (χ1) is 6.22. The minimum Gasteiger partial charge on any atom is -0.481 e. The van der Waals surface area contributed by atoms with Crippen molar-refractivity contribution in [3.05, 3.63) is 0 Å². The Morgan fingerprint density at radius 3 is 2.62 bits per heavy atom. The molecule has 74 valence electrons. The zero-order chi connectivity index (χ0) is 9.42. The van der Waals surface area contributed by atoms with Crippen molar-refractivity contribution >= 4 is 5.97 Å². The van der Waals surface area contributed by atoms with Crippen LogP contribution in [0.4, 0.5) is 0 Å². The second kappa shape index (κ2) is 3.29. The van der Waals surface area contributed by atoms with Gasteiger partial charge in [-0.3, -0.25) is 4.79 Å². The van der Waals surface area contributed by atoms with Crippen molar-refractivity contribution in [1.29, 1.82) is 0 Å². The molecule has 2 bridgehead atoms. The van der Waals surface area contributed by atoms with E-state index in [-0.39, 0.29) is 5.92 Å². The zero-order valence-electron chi connectivity index (χ0n) is 7.90. The quantitative estimate of drug-likeness (QED) is 0.723. The van der Waals surface area contributed by atoms with Crippen LogP contribution in [-0.4, -0.2) is 23.8 Å². The zero-order valence-corrected chi connectivity index (χ0v) is 7.90. The molecule has 0 saturated heterocycles. The minimum absolute atomic E-state index is 0.0818. The summed E-state index contributed by atoms with van der Waals surface area (Å²) in [5, 5.41) is 8.91. The summed E-state index contributed by atoms with van der Waals surface area (Å²) in [6, 6.07) is 0. The molecule has 2 aliphatic rings. The van der Waals surface area contributed by atoms with E-state index in [1.54, 1.807) is 0 Å². The third-order valence-electron chi connectivity index (χ3n) is 3.49. The highest BCUT2D eigenvalue weighted by Gasteiger charge is 2.48. The average Bonchev–Trinajstić information content (AvgIpc) is 2.62. The Bertz CT molecular complexity index is 214. The molecule has 13 heavy (non-hydrogen) atoms. The van der Waals surface area contributed by atoms with Gasteiger partial charge in [0.2, 0.25) is 0 Å². The molecule has 4 unspecified atom stereocenters.